The first-order valence-corrected chi connectivity index (χ1v) is 8.60. The molecule has 1 fully saturated rings. The van der Waals surface area contributed by atoms with Crippen LogP contribution >= 0.6 is 0 Å². The van der Waals surface area contributed by atoms with E-state index >= 15 is 0 Å². The van der Waals surface area contributed by atoms with Crippen LogP contribution in [0.25, 0.3) is 0 Å². The van der Waals surface area contributed by atoms with Gasteiger partial charge < -0.3 is 20.1 Å². The van der Waals surface area contributed by atoms with E-state index in [1.54, 1.807) is 4.90 Å². The molecule has 1 heterocycles. The fourth-order valence-corrected chi connectivity index (χ4v) is 2.97. The highest BCUT2D eigenvalue weighted by molar-refractivity contribution is 5.90. The lowest BCUT2D eigenvalue weighted by Crippen LogP contribution is -2.33. The Labute approximate surface area is 148 Å². The Morgan fingerprint density at radius 2 is 2.08 bits per heavy atom. The van der Waals surface area contributed by atoms with Gasteiger partial charge in [0.05, 0.1) is 0 Å². The van der Waals surface area contributed by atoms with Crippen molar-refractivity contribution in [1.82, 2.24) is 4.90 Å². The molecular formula is C20H24N2O3. The number of aliphatic hydroxyl groups excluding tert-OH is 1. The van der Waals surface area contributed by atoms with Crippen molar-refractivity contribution in [2.24, 2.45) is 5.92 Å². The number of carbonyl (C=O) groups is 1. The lowest BCUT2D eigenvalue weighted by Gasteiger charge is -2.18. The van der Waals surface area contributed by atoms with Crippen LogP contribution in [-0.2, 0) is 6.61 Å². The number of hydrogen-bond acceptors (Lipinski definition) is 3. The van der Waals surface area contributed by atoms with Gasteiger partial charge in [-0.05, 0) is 42.7 Å². The molecular weight excluding hydrogens is 316 g/mol. The average molecular weight is 340 g/mol. The van der Waals surface area contributed by atoms with Crippen molar-refractivity contribution in [3.05, 3.63) is 59.7 Å². The maximum absolute atomic E-state index is 12.3. The van der Waals surface area contributed by atoms with Crippen molar-refractivity contribution in [3.63, 3.8) is 0 Å². The zero-order valence-electron chi connectivity index (χ0n) is 14.4. The minimum atomic E-state index is -0.114. The fourth-order valence-electron chi connectivity index (χ4n) is 2.97. The van der Waals surface area contributed by atoms with Gasteiger partial charge in [-0.2, -0.15) is 0 Å². The number of benzene rings is 2. The summed E-state index contributed by atoms with van der Waals surface area (Å²) in [7, 11) is 0. The molecule has 2 amide bonds. The van der Waals surface area contributed by atoms with Gasteiger partial charge in [-0.1, -0.05) is 30.3 Å². The number of likely N-dealkylation sites (tertiary alicyclic amines) is 1. The van der Waals surface area contributed by atoms with Gasteiger partial charge in [0.15, 0.2) is 0 Å². The maximum atomic E-state index is 12.3. The van der Waals surface area contributed by atoms with Crippen LogP contribution < -0.4 is 10.1 Å². The number of anilines is 1. The standard InChI is InChI=1S/C20H24N2O3/c1-15-11-18(25-14-16-5-3-2-4-6-16)7-8-19(15)21-20(24)22-10-9-17(12-22)13-23/h2-8,11,17,23H,9-10,12-14H2,1H3,(H,21,24). The molecule has 3 rings (SSSR count). The van der Waals surface area contributed by atoms with E-state index in [2.05, 4.69) is 5.32 Å². The summed E-state index contributed by atoms with van der Waals surface area (Å²) in [5.74, 6) is 0.974. The zero-order valence-corrected chi connectivity index (χ0v) is 14.4. The first kappa shape index (κ1) is 17.3. The molecule has 1 aliphatic heterocycles. The van der Waals surface area contributed by atoms with Gasteiger partial charge in [-0.3, -0.25) is 0 Å². The first-order chi connectivity index (χ1) is 12.2. The van der Waals surface area contributed by atoms with E-state index in [0.717, 1.165) is 29.0 Å². The highest BCUT2D eigenvalue weighted by Gasteiger charge is 2.25. The smallest absolute Gasteiger partial charge is 0.321 e. The summed E-state index contributed by atoms with van der Waals surface area (Å²) in [6, 6.07) is 15.6. The number of amides is 2. The molecule has 1 unspecified atom stereocenters. The van der Waals surface area contributed by atoms with Crippen molar-refractivity contribution in [2.75, 3.05) is 25.0 Å². The highest BCUT2D eigenvalue weighted by Crippen LogP contribution is 2.23. The van der Waals surface area contributed by atoms with Crippen molar-refractivity contribution in [3.8, 4) is 5.75 Å². The largest absolute Gasteiger partial charge is 0.489 e. The number of aliphatic hydroxyl groups is 1. The summed E-state index contributed by atoms with van der Waals surface area (Å²) in [6.45, 7) is 3.90. The van der Waals surface area contributed by atoms with Crippen LogP contribution in [-0.4, -0.2) is 35.7 Å². The zero-order chi connectivity index (χ0) is 17.6. The third-order valence-corrected chi connectivity index (χ3v) is 4.52. The Morgan fingerprint density at radius 1 is 1.28 bits per heavy atom. The maximum Gasteiger partial charge on any atom is 0.321 e. The van der Waals surface area contributed by atoms with Gasteiger partial charge in [0.25, 0.3) is 0 Å². The lowest BCUT2D eigenvalue weighted by molar-refractivity contribution is 0.208. The second-order valence-corrected chi connectivity index (χ2v) is 6.46. The molecule has 5 nitrogen and oxygen atoms in total. The normalized spacial score (nSPS) is 16.7. The topological polar surface area (TPSA) is 61.8 Å². The molecule has 0 spiro atoms. The van der Waals surface area contributed by atoms with Crippen LogP contribution in [0.4, 0.5) is 10.5 Å². The Kier molecular flexibility index (Phi) is 5.56. The summed E-state index contributed by atoms with van der Waals surface area (Å²) < 4.78 is 5.81. The Bertz CT molecular complexity index is 718. The number of nitrogens with zero attached hydrogens (tertiary/aromatic N) is 1. The predicted octanol–water partition coefficient (Wildman–Crippen LogP) is 3.42. The lowest BCUT2D eigenvalue weighted by atomic mass is 10.1. The summed E-state index contributed by atoms with van der Waals surface area (Å²) in [5.41, 5.74) is 2.85. The van der Waals surface area contributed by atoms with Crippen LogP contribution in [0.1, 0.15) is 17.5 Å². The summed E-state index contributed by atoms with van der Waals surface area (Å²) in [4.78, 5) is 14.1. The molecule has 0 radical (unpaired) electrons. The Morgan fingerprint density at radius 3 is 2.76 bits per heavy atom. The highest BCUT2D eigenvalue weighted by atomic mass is 16.5. The SMILES string of the molecule is Cc1cc(OCc2ccccc2)ccc1NC(=O)N1CCC(CO)C1. The van der Waals surface area contributed by atoms with E-state index in [9.17, 15) is 9.90 Å². The van der Waals surface area contributed by atoms with E-state index in [0.29, 0.717) is 19.7 Å². The van der Waals surface area contributed by atoms with E-state index in [1.807, 2.05) is 55.5 Å². The van der Waals surface area contributed by atoms with Crippen molar-refractivity contribution >= 4 is 11.7 Å². The van der Waals surface area contributed by atoms with E-state index < -0.39 is 0 Å². The van der Waals surface area contributed by atoms with Crippen LogP contribution in [0.5, 0.6) is 5.75 Å². The Balaban J connectivity index is 1.57. The van der Waals surface area contributed by atoms with Crippen LogP contribution in [0.2, 0.25) is 0 Å². The first-order valence-electron chi connectivity index (χ1n) is 8.60. The van der Waals surface area contributed by atoms with Gasteiger partial charge in [-0.15, -0.1) is 0 Å². The second kappa shape index (κ2) is 8.03. The molecule has 1 aliphatic rings. The number of carbonyl (C=O) groups excluding carboxylic acids is 1. The second-order valence-electron chi connectivity index (χ2n) is 6.46. The number of nitrogens with one attached hydrogen (secondary N) is 1. The monoisotopic (exact) mass is 340 g/mol. The number of hydrogen-bond donors (Lipinski definition) is 2. The molecule has 2 aromatic rings. The van der Waals surface area contributed by atoms with E-state index in [4.69, 9.17) is 4.74 Å². The van der Waals surface area contributed by atoms with Crippen LogP contribution in [0.15, 0.2) is 48.5 Å². The number of urea groups is 1. The minimum Gasteiger partial charge on any atom is -0.489 e. The molecule has 1 saturated heterocycles. The van der Waals surface area contributed by atoms with Gasteiger partial charge >= 0.3 is 6.03 Å². The van der Waals surface area contributed by atoms with Gasteiger partial charge in [0.2, 0.25) is 0 Å². The van der Waals surface area contributed by atoms with Crippen LogP contribution in [0.3, 0.4) is 0 Å². The van der Waals surface area contributed by atoms with Crippen molar-refractivity contribution in [1.29, 1.82) is 0 Å². The molecule has 25 heavy (non-hydrogen) atoms. The van der Waals surface area contributed by atoms with Crippen molar-refractivity contribution < 1.29 is 14.6 Å². The van der Waals surface area contributed by atoms with E-state index in [-0.39, 0.29) is 18.6 Å². The Hall–Kier alpha value is -2.53. The number of rotatable bonds is 5. The fraction of sp³-hybridized carbons (Fsp3) is 0.350. The molecule has 2 aromatic carbocycles. The molecule has 132 valence electrons. The van der Waals surface area contributed by atoms with E-state index in [1.165, 1.54) is 0 Å². The molecule has 1 atom stereocenters. The van der Waals surface area contributed by atoms with Gasteiger partial charge in [0, 0.05) is 31.3 Å². The van der Waals surface area contributed by atoms with Gasteiger partial charge in [-0.25, -0.2) is 4.79 Å². The van der Waals surface area contributed by atoms with Crippen LogP contribution in [0, 0.1) is 12.8 Å². The quantitative estimate of drug-likeness (QED) is 0.877. The summed E-state index contributed by atoms with van der Waals surface area (Å²) in [6.07, 6.45) is 0.856. The average Bonchev–Trinajstić information content (AvgIpc) is 3.12. The molecule has 0 saturated carbocycles. The predicted molar refractivity (Wildman–Crippen MR) is 97.7 cm³/mol. The molecule has 0 bridgehead atoms. The third-order valence-electron chi connectivity index (χ3n) is 4.52. The summed E-state index contributed by atoms with van der Waals surface area (Å²) in [5, 5.41) is 12.1. The third kappa shape index (κ3) is 4.51. The molecule has 2 N–H and O–H groups in total. The van der Waals surface area contributed by atoms with Gasteiger partial charge in [0.1, 0.15) is 12.4 Å². The summed E-state index contributed by atoms with van der Waals surface area (Å²) >= 11 is 0. The molecule has 5 heteroatoms. The van der Waals surface area contributed by atoms with Crippen molar-refractivity contribution in [2.45, 2.75) is 20.0 Å². The number of ether oxygens (including phenoxy) is 1. The molecule has 0 aromatic heterocycles. The molecule has 0 aliphatic carbocycles. The minimum absolute atomic E-state index is 0.114. The number of aryl methyl sites for hydroxylation is 1.